The van der Waals surface area contributed by atoms with E-state index in [1.807, 2.05) is 19.0 Å². The number of imidazole rings is 1. The second kappa shape index (κ2) is 6.53. The molecule has 0 aliphatic heterocycles. The molecule has 2 aromatic rings. The van der Waals surface area contributed by atoms with E-state index in [0.717, 1.165) is 12.2 Å². The van der Waals surface area contributed by atoms with Gasteiger partial charge in [-0.2, -0.15) is 5.10 Å². The summed E-state index contributed by atoms with van der Waals surface area (Å²) in [6.07, 6.45) is 4.86. The predicted molar refractivity (Wildman–Crippen MR) is 78.0 cm³/mol. The highest BCUT2D eigenvalue weighted by atomic mass is 35.5. The number of rotatable bonds is 6. The van der Waals surface area contributed by atoms with Crippen molar-refractivity contribution in [3.8, 4) is 0 Å². The van der Waals surface area contributed by atoms with Gasteiger partial charge in [0.2, 0.25) is 0 Å². The van der Waals surface area contributed by atoms with Gasteiger partial charge in [-0.05, 0) is 14.1 Å². The van der Waals surface area contributed by atoms with E-state index in [1.165, 1.54) is 4.68 Å². The Morgan fingerprint density at radius 2 is 2.25 bits per heavy atom. The third-order valence-corrected chi connectivity index (χ3v) is 3.13. The number of nitrogens with one attached hydrogen (secondary N) is 2. The summed E-state index contributed by atoms with van der Waals surface area (Å²) in [5, 5.41) is 7.33. The Labute approximate surface area is 121 Å². The standard InChI is InChI=1S/C12H17ClN6O/c1-18(2)3-4-19-12(20)11(13)10(7-17-19)15-6-9-5-14-8-16-9/h5,7-8,15H,3-4,6H2,1-2H3,(H,14,16). The molecule has 0 aliphatic rings. The number of aromatic nitrogens is 4. The van der Waals surface area contributed by atoms with Crippen LogP contribution in [-0.4, -0.2) is 45.3 Å². The van der Waals surface area contributed by atoms with Crippen molar-refractivity contribution in [2.45, 2.75) is 13.1 Å². The third kappa shape index (κ3) is 3.58. The highest BCUT2D eigenvalue weighted by Crippen LogP contribution is 2.15. The molecule has 0 unspecified atom stereocenters. The predicted octanol–water partition coefficient (Wildman–Crippen LogP) is 0.793. The first-order chi connectivity index (χ1) is 9.58. The molecule has 2 rings (SSSR count). The maximum absolute atomic E-state index is 12.1. The fraction of sp³-hybridized carbons (Fsp3) is 0.417. The van der Waals surface area contributed by atoms with Gasteiger partial charge in [-0.1, -0.05) is 11.6 Å². The Kier molecular flexibility index (Phi) is 4.75. The third-order valence-electron chi connectivity index (χ3n) is 2.77. The van der Waals surface area contributed by atoms with Gasteiger partial charge in [-0.3, -0.25) is 4.79 Å². The molecule has 20 heavy (non-hydrogen) atoms. The van der Waals surface area contributed by atoms with Gasteiger partial charge in [0.1, 0.15) is 5.02 Å². The SMILES string of the molecule is CN(C)CCn1ncc(NCc2cnc[nH]2)c(Cl)c1=O. The van der Waals surface area contributed by atoms with Crippen molar-refractivity contribution in [1.29, 1.82) is 0 Å². The molecule has 0 fully saturated rings. The van der Waals surface area contributed by atoms with Crippen molar-refractivity contribution < 1.29 is 0 Å². The van der Waals surface area contributed by atoms with Crippen LogP contribution in [0.3, 0.4) is 0 Å². The molecule has 0 saturated heterocycles. The molecule has 0 atom stereocenters. The van der Waals surface area contributed by atoms with Crippen LogP contribution in [-0.2, 0) is 13.1 Å². The van der Waals surface area contributed by atoms with Crippen molar-refractivity contribution >= 4 is 17.3 Å². The van der Waals surface area contributed by atoms with Crippen LogP contribution in [0.5, 0.6) is 0 Å². The molecule has 2 aromatic heterocycles. The first-order valence-electron chi connectivity index (χ1n) is 6.19. The Morgan fingerprint density at radius 1 is 1.45 bits per heavy atom. The molecular weight excluding hydrogens is 280 g/mol. The fourth-order valence-corrected chi connectivity index (χ4v) is 1.83. The zero-order valence-corrected chi connectivity index (χ0v) is 12.2. The van der Waals surface area contributed by atoms with Gasteiger partial charge in [0, 0.05) is 12.7 Å². The van der Waals surface area contributed by atoms with Gasteiger partial charge in [-0.25, -0.2) is 9.67 Å². The number of aromatic amines is 1. The van der Waals surface area contributed by atoms with Gasteiger partial charge >= 0.3 is 0 Å². The molecule has 8 heteroatoms. The maximum atomic E-state index is 12.1. The zero-order valence-electron chi connectivity index (χ0n) is 11.4. The number of nitrogens with zero attached hydrogens (tertiary/aromatic N) is 4. The molecule has 2 N–H and O–H groups in total. The van der Waals surface area contributed by atoms with Crippen LogP contribution in [0, 0.1) is 0 Å². The van der Waals surface area contributed by atoms with Crippen molar-refractivity contribution in [2.75, 3.05) is 26.0 Å². The lowest BCUT2D eigenvalue weighted by atomic mass is 10.4. The van der Waals surface area contributed by atoms with Crippen LogP contribution >= 0.6 is 11.6 Å². The highest BCUT2D eigenvalue weighted by molar-refractivity contribution is 6.32. The van der Waals surface area contributed by atoms with Crippen molar-refractivity contribution in [1.82, 2.24) is 24.6 Å². The Morgan fingerprint density at radius 3 is 2.90 bits per heavy atom. The Balaban J connectivity index is 2.08. The average Bonchev–Trinajstić information content (AvgIpc) is 2.92. The van der Waals surface area contributed by atoms with Crippen LogP contribution in [0.25, 0.3) is 0 Å². The number of hydrogen-bond donors (Lipinski definition) is 2. The van der Waals surface area contributed by atoms with E-state index >= 15 is 0 Å². The van der Waals surface area contributed by atoms with Crippen molar-refractivity contribution in [3.63, 3.8) is 0 Å². The van der Waals surface area contributed by atoms with Gasteiger partial charge < -0.3 is 15.2 Å². The molecule has 0 radical (unpaired) electrons. The summed E-state index contributed by atoms with van der Waals surface area (Å²) in [6, 6.07) is 0. The van der Waals surface area contributed by atoms with Crippen LogP contribution in [0.4, 0.5) is 5.69 Å². The Hall–Kier alpha value is -1.86. The van der Waals surface area contributed by atoms with E-state index in [-0.39, 0.29) is 10.6 Å². The maximum Gasteiger partial charge on any atom is 0.287 e. The molecule has 108 valence electrons. The second-order valence-corrected chi connectivity index (χ2v) is 5.01. The van der Waals surface area contributed by atoms with Crippen LogP contribution < -0.4 is 10.9 Å². The molecule has 0 saturated carbocycles. The molecule has 0 spiro atoms. The summed E-state index contributed by atoms with van der Waals surface area (Å²) in [5.41, 5.74) is 1.13. The highest BCUT2D eigenvalue weighted by Gasteiger charge is 2.09. The number of likely N-dealkylation sites (N-methyl/N-ethyl adjacent to an activating group) is 1. The van der Waals surface area contributed by atoms with E-state index < -0.39 is 0 Å². The van der Waals surface area contributed by atoms with Gasteiger partial charge in [0.15, 0.2) is 0 Å². The quantitative estimate of drug-likeness (QED) is 0.824. The first kappa shape index (κ1) is 14.5. The summed E-state index contributed by atoms with van der Waals surface area (Å²) in [4.78, 5) is 20.9. The number of halogens is 1. The van der Waals surface area contributed by atoms with Crippen LogP contribution in [0.2, 0.25) is 5.02 Å². The molecule has 2 heterocycles. The minimum Gasteiger partial charge on any atom is -0.377 e. The average molecular weight is 297 g/mol. The van der Waals surface area contributed by atoms with Crippen molar-refractivity contribution in [3.05, 3.63) is 39.8 Å². The van der Waals surface area contributed by atoms with E-state index in [2.05, 4.69) is 20.4 Å². The normalized spacial score (nSPS) is 11.0. The van der Waals surface area contributed by atoms with Crippen molar-refractivity contribution in [2.24, 2.45) is 0 Å². The lowest BCUT2D eigenvalue weighted by molar-refractivity contribution is 0.367. The van der Waals surface area contributed by atoms with Gasteiger partial charge in [0.05, 0.1) is 37.0 Å². The van der Waals surface area contributed by atoms with Gasteiger partial charge in [-0.15, -0.1) is 0 Å². The van der Waals surface area contributed by atoms with E-state index in [0.29, 0.717) is 18.8 Å². The van der Waals surface area contributed by atoms with Crippen LogP contribution in [0.15, 0.2) is 23.5 Å². The van der Waals surface area contributed by atoms with E-state index in [4.69, 9.17) is 11.6 Å². The summed E-state index contributed by atoms with van der Waals surface area (Å²) >= 11 is 6.08. The smallest absolute Gasteiger partial charge is 0.287 e. The summed E-state index contributed by atoms with van der Waals surface area (Å²) in [7, 11) is 3.87. The van der Waals surface area contributed by atoms with Gasteiger partial charge in [0.25, 0.3) is 5.56 Å². The van der Waals surface area contributed by atoms with Crippen LogP contribution in [0.1, 0.15) is 5.69 Å². The monoisotopic (exact) mass is 296 g/mol. The number of hydrogen-bond acceptors (Lipinski definition) is 5. The lowest BCUT2D eigenvalue weighted by Crippen LogP contribution is -2.29. The topological polar surface area (TPSA) is 78.8 Å². The Bertz CT molecular complexity index is 607. The lowest BCUT2D eigenvalue weighted by Gasteiger charge is -2.12. The van der Waals surface area contributed by atoms with E-state index in [9.17, 15) is 4.79 Å². The minimum absolute atomic E-state index is 0.151. The molecule has 7 nitrogen and oxygen atoms in total. The fourth-order valence-electron chi connectivity index (χ4n) is 1.61. The number of anilines is 1. The van der Waals surface area contributed by atoms with E-state index in [1.54, 1.807) is 18.7 Å². The summed E-state index contributed by atoms with van der Waals surface area (Å²) < 4.78 is 1.36. The summed E-state index contributed by atoms with van der Waals surface area (Å²) in [6.45, 7) is 1.74. The molecule has 0 aliphatic carbocycles. The second-order valence-electron chi connectivity index (χ2n) is 4.63. The zero-order chi connectivity index (χ0) is 14.5. The summed E-state index contributed by atoms with van der Waals surface area (Å²) in [5.74, 6) is 0. The molecular formula is C12H17ClN6O. The largest absolute Gasteiger partial charge is 0.377 e. The minimum atomic E-state index is -0.289. The number of H-pyrrole nitrogens is 1. The molecule has 0 amide bonds. The molecule has 0 aromatic carbocycles. The first-order valence-corrected chi connectivity index (χ1v) is 6.57. The molecule has 0 bridgehead atoms.